The molecule has 0 bridgehead atoms. The van der Waals surface area contributed by atoms with Gasteiger partial charge in [-0.3, -0.25) is 0 Å². The number of nitriles is 1. The minimum atomic E-state index is -0.581. The van der Waals surface area contributed by atoms with E-state index >= 15 is 0 Å². The fraction of sp³-hybridized carbons (Fsp3) is 0.343. The molecule has 0 aliphatic heterocycles. The number of nitrogens with one attached hydrogen (secondary N) is 2. The Balaban J connectivity index is 0.000000185. The van der Waals surface area contributed by atoms with Crippen LogP contribution in [0.3, 0.4) is 0 Å². The molecule has 2 aromatic heterocycles. The van der Waals surface area contributed by atoms with Crippen LogP contribution in [0.25, 0.3) is 0 Å². The number of amides is 2. The number of carbonyl (C=O) groups excluding carboxylic acids is 2. The lowest BCUT2D eigenvalue weighted by Gasteiger charge is -2.29. The SMILES string of the molecule is N#Cc1nccc(C2(NC(=O)OCc3ccccc3)CCCC2)n1.O=C(NC1(c2ccnc(Cl)n2)CCCC1)OCc1ccccc1. The normalized spacial score (nSPS) is 15.7. The van der Waals surface area contributed by atoms with Crippen LogP contribution in [0.1, 0.15) is 79.7 Å². The molecule has 12 heteroatoms. The van der Waals surface area contributed by atoms with Gasteiger partial charge in [-0.25, -0.2) is 29.5 Å². The molecule has 6 rings (SSSR count). The van der Waals surface area contributed by atoms with Gasteiger partial charge in [0.2, 0.25) is 11.1 Å². The molecule has 2 aromatic carbocycles. The molecule has 0 radical (unpaired) electrons. The van der Waals surface area contributed by atoms with E-state index in [4.69, 9.17) is 26.3 Å². The Morgan fingerprint density at radius 3 is 1.60 bits per heavy atom. The van der Waals surface area contributed by atoms with Crippen molar-refractivity contribution in [1.82, 2.24) is 30.6 Å². The third kappa shape index (κ3) is 9.01. The van der Waals surface area contributed by atoms with Crippen LogP contribution >= 0.6 is 11.6 Å². The number of ether oxygens (including phenoxy) is 2. The van der Waals surface area contributed by atoms with E-state index in [1.54, 1.807) is 24.5 Å². The molecule has 4 aromatic rings. The van der Waals surface area contributed by atoms with Gasteiger partial charge in [0.1, 0.15) is 19.3 Å². The smallest absolute Gasteiger partial charge is 0.408 e. The van der Waals surface area contributed by atoms with Gasteiger partial charge in [-0.1, -0.05) is 86.3 Å². The Morgan fingerprint density at radius 2 is 1.15 bits per heavy atom. The Labute approximate surface area is 278 Å². The number of hydrogen-bond acceptors (Lipinski definition) is 9. The molecule has 11 nitrogen and oxygen atoms in total. The summed E-state index contributed by atoms with van der Waals surface area (Å²) in [6.45, 7) is 0.462. The van der Waals surface area contributed by atoms with Crippen molar-refractivity contribution in [3.63, 3.8) is 0 Å². The number of halogens is 1. The van der Waals surface area contributed by atoms with Crippen molar-refractivity contribution in [3.05, 3.63) is 119 Å². The summed E-state index contributed by atoms with van der Waals surface area (Å²) in [5, 5.41) is 15.1. The lowest BCUT2D eigenvalue weighted by atomic mass is 9.93. The van der Waals surface area contributed by atoms with E-state index in [1.807, 2.05) is 66.7 Å². The molecule has 0 saturated heterocycles. The summed E-state index contributed by atoms with van der Waals surface area (Å²) < 4.78 is 10.7. The van der Waals surface area contributed by atoms with E-state index in [9.17, 15) is 9.59 Å². The van der Waals surface area contributed by atoms with Gasteiger partial charge in [-0.05, 0) is 60.5 Å². The fourth-order valence-electron chi connectivity index (χ4n) is 6.04. The topological polar surface area (TPSA) is 152 Å². The summed E-state index contributed by atoms with van der Waals surface area (Å²) in [4.78, 5) is 40.9. The Bertz CT molecular complexity index is 1670. The first-order valence-corrected chi connectivity index (χ1v) is 16.0. The van der Waals surface area contributed by atoms with Crippen LogP contribution in [0.5, 0.6) is 0 Å². The fourth-order valence-corrected chi connectivity index (χ4v) is 6.18. The Hall–Kier alpha value is -5.08. The quantitative estimate of drug-likeness (QED) is 0.194. The molecule has 2 aliphatic carbocycles. The highest BCUT2D eigenvalue weighted by molar-refractivity contribution is 6.28. The third-order valence-electron chi connectivity index (χ3n) is 8.38. The maximum absolute atomic E-state index is 12.3. The molecular weight excluding hydrogens is 618 g/mol. The summed E-state index contributed by atoms with van der Waals surface area (Å²) in [7, 11) is 0. The van der Waals surface area contributed by atoms with Gasteiger partial charge in [-0.2, -0.15) is 5.26 Å². The minimum Gasteiger partial charge on any atom is -0.445 e. The average molecular weight is 654 g/mol. The van der Waals surface area contributed by atoms with Crippen molar-refractivity contribution in [2.45, 2.75) is 75.7 Å². The predicted octanol–water partition coefficient (Wildman–Crippen LogP) is 6.87. The first-order valence-electron chi connectivity index (χ1n) is 15.6. The van der Waals surface area contributed by atoms with Gasteiger partial charge in [0.05, 0.1) is 22.5 Å². The molecule has 2 N–H and O–H groups in total. The van der Waals surface area contributed by atoms with E-state index in [1.165, 1.54) is 0 Å². The highest BCUT2D eigenvalue weighted by Gasteiger charge is 2.40. The second-order valence-corrected chi connectivity index (χ2v) is 11.9. The van der Waals surface area contributed by atoms with Crippen molar-refractivity contribution in [2.75, 3.05) is 0 Å². The van der Waals surface area contributed by atoms with E-state index in [-0.39, 0.29) is 24.3 Å². The minimum absolute atomic E-state index is 0.109. The first-order chi connectivity index (χ1) is 22.9. The van der Waals surface area contributed by atoms with Crippen molar-refractivity contribution < 1.29 is 19.1 Å². The zero-order chi connectivity index (χ0) is 33.0. The summed E-state index contributed by atoms with van der Waals surface area (Å²) in [6, 6.07) is 24.6. The molecule has 242 valence electrons. The number of nitrogens with zero attached hydrogens (tertiary/aromatic N) is 5. The lowest BCUT2D eigenvalue weighted by molar-refractivity contribution is 0.124. The van der Waals surface area contributed by atoms with E-state index in [2.05, 4.69) is 30.6 Å². The number of carbonyl (C=O) groups is 2. The van der Waals surface area contributed by atoms with Gasteiger partial charge >= 0.3 is 12.2 Å². The average Bonchev–Trinajstić information content (AvgIpc) is 3.79. The van der Waals surface area contributed by atoms with E-state index in [0.717, 1.165) is 68.2 Å². The summed E-state index contributed by atoms with van der Waals surface area (Å²) in [6.07, 6.45) is 9.48. The van der Waals surface area contributed by atoms with Crippen LogP contribution in [0, 0.1) is 11.3 Å². The largest absolute Gasteiger partial charge is 0.445 e. The molecule has 2 fully saturated rings. The van der Waals surface area contributed by atoms with Crippen LogP contribution in [0.2, 0.25) is 5.28 Å². The van der Waals surface area contributed by atoms with Gasteiger partial charge < -0.3 is 20.1 Å². The maximum Gasteiger partial charge on any atom is 0.408 e. The number of hydrogen-bond donors (Lipinski definition) is 2. The van der Waals surface area contributed by atoms with Crippen molar-refractivity contribution in [1.29, 1.82) is 5.26 Å². The number of alkyl carbamates (subject to hydrolysis) is 2. The molecule has 2 heterocycles. The molecule has 2 amide bonds. The van der Waals surface area contributed by atoms with Crippen LogP contribution < -0.4 is 10.6 Å². The Kier molecular flexibility index (Phi) is 11.3. The number of aromatic nitrogens is 4. The van der Waals surface area contributed by atoms with Crippen LogP contribution in [-0.4, -0.2) is 32.1 Å². The second-order valence-electron chi connectivity index (χ2n) is 11.5. The maximum atomic E-state index is 12.3. The summed E-state index contributed by atoms with van der Waals surface area (Å²) in [5.74, 6) is 0.109. The van der Waals surface area contributed by atoms with E-state index in [0.29, 0.717) is 5.69 Å². The lowest BCUT2D eigenvalue weighted by Crippen LogP contribution is -2.44. The monoisotopic (exact) mass is 653 g/mol. The van der Waals surface area contributed by atoms with E-state index < -0.39 is 23.3 Å². The zero-order valence-corrected chi connectivity index (χ0v) is 26.7. The highest BCUT2D eigenvalue weighted by Crippen LogP contribution is 2.39. The zero-order valence-electron chi connectivity index (χ0n) is 25.9. The second kappa shape index (κ2) is 16.0. The standard InChI is InChI=1S/C18H18N4O2.C17H18ClN3O2/c19-12-16-20-11-8-15(21-16)18(9-4-5-10-18)22-17(23)24-13-14-6-2-1-3-7-14;18-15-19-11-8-14(20-15)17(9-4-5-10-17)21-16(22)23-12-13-6-2-1-3-7-13/h1-3,6-8,11H,4-5,9-10,13H2,(H,22,23);1-3,6-8,11H,4-5,9-10,12H2,(H,21,22). The molecule has 47 heavy (non-hydrogen) atoms. The molecule has 0 unspecified atom stereocenters. The molecule has 2 saturated carbocycles. The van der Waals surface area contributed by atoms with Crippen LogP contribution in [-0.2, 0) is 33.8 Å². The van der Waals surface area contributed by atoms with Crippen molar-refractivity contribution in [2.24, 2.45) is 0 Å². The first kappa shape index (κ1) is 33.3. The number of rotatable bonds is 8. The van der Waals surface area contributed by atoms with Gasteiger partial charge in [-0.15, -0.1) is 0 Å². The highest BCUT2D eigenvalue weighted by atomic mass is 35.5. The van der Waals surface area contributed by atoms with Crippen molar-refractivity contribution in [3.8, 4) is 6.07 Å². The Morgan fingerprint density at radius 1 is 0.702 bits per heavy atom. The van der Waals surface area contributed by atoms with Gasteiger partial charge in [0, 0.05) is 12.4 Å². The molecule has 0 spiro atoms. The molecular formula is C35H36ClN7O4. The molecule has 0 atom stereocenters. The summed E-state index contributed by atoms with van der Waals surface area (Å²) >= 11 is 5.90. The number of benzene rings is 2. The van der Waals surface area contributed by atoms with Gasteiger partial charge in [0.25, 0.3) is 0 Å². The predicted molar refractivity (Wildman–Crippen MR) is 174 cm³/mol. The summed E-state index contributed by atoms with van der Waals surface area (Å²) in [5.41, 5.74) is 2.20. The van der Waals surface area contributed by atoms with Crippen molar-refractivity contribution >= 4 is 23.8 Å². The molecule has 2 aliphatic rings. The van der Waals surface area contributed by atoms with Crippen LogP contribution in [0.4, 0.5) is 9.59 Å². The third-order valence-corrected chi connectivity index (χ3v) is 8.57. The van der Waals surface area contributed by atoms with Crippen LogP contribution in [0.15, 0.2) is 85.2 Å². The van der Waals surface area contributed by atoms with Gasteiger partial charge in [0.15, 0.2) is 0 Å².